The quantitative estimate of drug-likeness (QED) is 0.668. The number of hydrogen-bond acceptors (Lipinski definition) is 2. The van der Waals surface area contributed by atoms with Gasteiger partial charge in [-0.15, -0.1) is 0 Å². The first-order chi connectivity index (χ1) is 7.22. The Morgan fingerprint density at radius 1 is 1.40 bits per heavy atom. The Labute approximate surface area is 91.3 Å². The number of methoxy groups -OCH3 is 1. The molecule has 2 heteroatoms. The zero-order valence-corrected chi connectivity index (χ0v) is 9.45. The molecule has 0 fully saturated rings. The highest BCUT2D eigenvalue weighted by molar-refractivity contribution is 5.80. The van der Waals surface area contributed by atoms with Gasteiger partial charge in [0.1, 0.15) is 5.78 Å². The predicted molar refractivity (Wildman–Crippen MR) is 61.0 cm³/mol. The highest BCUT2D eigenvalue weighted by Crippen LogP contribution is 2.06. The minimum Gasteiger partial charge on any atom is -0.385 e. The first-order valence-corrected chi connectivity index (χ1v) is 5.28. The summed E-state index contributed by atoms with van der Waals surface area (Å²) in [4.78, 5) is 11.5. The minimum atomic E-state index is 0.289. The van der Waals surface area contributed by atoms with E-state index in [9.17, 15) is 4.79 Å². The number of benzene rings is 1. The summed E-state index contributed by atoms with van der Waals surface area (Å²) in [5.41, 5.74) is 2.31. The Kier molecular flexibility index (Phi) is 5.05. The van der Waals surface area contributed by atoms with E-state index in [1.54, 1.807) is 7.11 Å². The fourth-order valence-corrected chi connectivity index (χ4v) is 1.55. The molecule has 0 atom stereocenters. The van der Waals surface area contributed by atoms with Crippen LogP contribution in [0.2, 0.25) is 0 Å². The summed E-state index contributed by atoms with van der Waals surface area (Å²) < 4.78 is 4.91. The van der Waals surface area contributed by atoms with Crippen LogP contribution in [0.1, 0.15) is 24.0 Å². The molecular formula is C13H18O2. The topological polar surface area (TPSA) is 26.3 Å². The van der Waals surface area contributed by atoms with Gasteiger partial charge in [0.25, 0.3) is 0 Å². The third kappa shape index (κ3) is 4.75. The summed E-state index contributed by atoms with van der Waals surface area (Å²) >= 11 is 0. The summed E-state index contributed by atoms with van der Waals surface area (Å²) in [5, 5.41) is 0. The Morgan fingerprint density at radius 2 is 2.20 bits per heavy atom. The van der Waals surface area contributed by atoms with Gasteiger partial charge in [0.15, 0.2) is 0 Å². The number of aryl methyl sites for hydroxylation is 1. The first-order valence-electron chi connectivity index (χ1n) is 5.28. The van der Waals surface area contributed by atoms with E-state index in [4.69, 9.17) is 4.74 Å². The third-order valence-corrected chi connectivity index (χ3v) is 2.29. The second kappa shape index (κ2) is 6.36. The van der Waals surface area contributed by atoms with Crippen molar-refractivity contribution >= 4 is 5.78 Å². The zero-order valence-electron chi connectivity index (χ0n) is 9.45. The van der Waals surface area contributed by atoms with E-state index >= 15 is 0 Å². The average Bonchev–Trinajstić information content (AvgIpc) is 2.18. The van der Waals surface area contributed by atoms with Gasteiger partial charge in [-0.1, -0.05) is 29.8 Å². The van der Waals surface area contributed by atoms with Crippen LogP contribution in [-0.2, 0) is 16.0 Å². The lowest BCUT2D eigenvalue weighted by Gasteiger charge is -2.02. The molecule has 1 rings (SSSR count). The van der Waals surface area contributed by atoms with Gasteiger partial charge < -0.3 is 4.74 Å². The van der Waals surface area contributed by atoms with E-state index < -0.39 is 0 Å². The van der Waals surface area contributed by atoms with Crippen molar-refractivity contribution < 1.29 is 9.53 Å². The van der Waals surface area contributed by atoms with Crippen LogP contribution >= 0.6 is 0 Å². The van der Waals surface area contributed by atoms with Gasteiger partial charge in [0, 0.05) is 26.6 Å². The van der Waals surface area contributed by atoms with Crippen LogP contribution in [0.4, 0.5) is 0 Å². The van der Waals surface area contributed by atoms with Crippen LogP contribution in [-0.4, -0.2) is 19.5 Å². The van der Waals surface area contributed by atoms with Crippen molar-refractivity contribution in [3.63, 3.8) is 0 Å². The van der Waals surface area contributed by atoms with Crippen molar-refractivity contribution in [2.24, 2.45) is 0 Å². The Bertz CT molecular complexity index is 318. The Balaban J connectivity index is 2.37. The molecule has 0 aliphatic carbocycles. The van der Waals surface area contributed by atoms with Crippen molar-refractivity contribution in [2.45, 2.75) is 26.2 Å². The van der Waals surface area contributed by atoms with Crippen molar-refractivity contribution in [1.29, 1.82) is 0 Å². The molecule has 0 heterocycles. The van der Waals surface area contributed by atoms with Crippen molar-refractivity contribution in [3.05, 3.63) is 35.4 Å². The number of hydrogen-bond donors (Lipinski definition) is 0. The second-order valence-electron chi connectivity index (χ2n) is 3.80. The van der Waals surface area contributed by atoms with Crippen LogP contribution in [0.3, 0.4) is 0 Å². The van der Waals surface area contributed by atoms with Gasteiger partial charge in [-0.25, -0.2) is 0 Å². The summed E-state index contributed by atoms with van der Waals surface area (Å²) in [6, 6.07) is 8.10. The lowest BCUT2D eigenvalue weighted by atomic mass is 10.0. The molecule has 0 N–H and O–H groups in total. The Hall–Kier alpha value is -1.15. The normalized spacial score (nSPS) is 10.3. The number of carbonyl (C=O) groups excluding carboxylic acids is 1. The fraction of sp³-hybridized carbons (Fsp3) is 0.462. The van der Waals surface area contributed by atoms with Crippen molar-refractivity contribution in [3.8, 4) is 0 Å². The standard InChI is InChI=1S/C13H18O2/c1-11-5-3-6-12(9-11)10-13(14)7-4-8-15-2/h3,5-6,9H,4,7-8,10H2,1-2H3. The molecule has 1 aromatic carbocycles. The fourth-order valence-electron chi connectivity index (χ4n) is 1.55. The monoisotopic (exact) mass is 206 g/mol. The maximum Gasteiger partial charge on any atom is 0.137 e. The maximum atomic E-state index is 11.5. The SMILES string of the molecule is COCCCC(=O)Cc1cccc(C)c1. The van der Waals surface area contributed by atoms with Crippen LogP contribution < -0.4 is 0 Å². The van der Waals surface area contributed by atoms with Gasteiger partial charge in [0.05, 0.1) is 0 Å². The molecule has 0 bridgehead atoms. The number of ether oxygens (including phenoxy) is 1. The summed E-state index contributed by atoms with van der Waals surface area (Å²) in [6.45, 7) is 2.71. The van der Waals surface area contributed by atoms with Gasteiger partial charge >= 0.3 is 0 Å². The smallest absolute Gasteiger partial charge is 0.137 e. The predicted octanol–water partition coefficient (Wildman–Crippen LogP) is 2.53. The van der Waals surface area contributed by atoms with Crippen LogP contribution in [0.15, 0.2) is 24.3 Å². The van der Waals surface area contributed by atoms with Crippen molar-refractivity contribution in [1.82, 2.24) is 0 Å². The Morgan fingerprint density at radius 3 is 2.87 bits per heavy atom. The maximum absolute atomic E-state index is 11.5. The second-order valence-corrected chi connectivity index (χ2v) is 3.80. The summed E-state index contributed by atoms with van der Waals surface area (Å²) in [7, 11) is 1.66. The van der Waals surface area contributed by atoms with Gasteiger partial charge in [-0.2, -0.15) is 0 Å². The van der Waals surface area contributed by atoms with E-state index in [-0.39, 0.29) is 5.78 Å². The van der Waals surface area contributed by atoms with Crippen LogP contribution in [0, 0.1) is 6.92 Å². The van der Waals surface area contributed by atoms with Gasteiger partial charge in [-0.3, -0.25) is 4.79 Å². The number of carbonyl (C=O) groups is 1. The lowest BCUT2D eigenvalue weighted by molar-refractivity contribution is -0.118. The summed E-state index contributed by atoms with van der Waals surface area (Å²) in [6.07, 6.45) is 1.98. The molecular weight excluding hydrogens is 188 g/mol. The molecule has 0 radical (unpaired) electrons. The number of Topliss-reactive ketones (excluding diaryl/α,β-unsaturated/α-hetero) is 1. The molecule has 0 aromatic heterocycles. The molecule has 0 amide bonds. The van der Waals surface area contributed by atoms with E-state index in [0.29, 0.717) is 19.4 Å². The lowest BCUT2D eigenvalue weighted by Crippen LogP contribution is -2.04. The molecule has 0 aliphatic heterocycles. The van der Waals surface area contributed by atoms with Gasteiger partial charge in [0.2, 0.25) is 0 Å². The average molecular weight is 206 g/mol. The molecule has 82 valence electrons. The summed E-state index contributed by atoms with van der Waals surface area (Å²) in [5.74, 6) is 0.289. The number of ketones is 1. The first kappa shape index (κ1) is 11.9. The minimum absolute atomic E-state index is 0.289. The van der Waals surface area contributed by atoms with E-state index in [0.717, 1.165) is 12.0 Å². The molecule has 0 unspecified atom stereocenters. The molecule has 2 nitrogen and oxygen atoms in total. The molecule has 1 aromatic rings. The van der Waals surface area contributed by atoms with Crippen LogP contribution in [0.5, 0.6) is 0 Å². The molecule has 0 spiro atoms. The van der Waals surface area contributed by atoms with E-state index in [1.165, 1.54) is 5.56 Å². The highest BCUT2D eigenvalue weighted by Gasteiger charge is 2.03. The van der Waals surface area contributed by atoms with Gasteiger partial charge in [-0.05, 0) is 18.9 Å². The van der Waals surface area contributed by atoms with E-state index in [2.05, 4.69) is 6.07 Å². The van der Waals surface area contributed by atoms with E-state index in [1.807, 2.05) is 25.1 Å². The number of rotatable bonds is 6. The molecule has 15 heavy (non-hydrogen) atoms. The third-order valence-electron chi connectivity index (χ3n) is 2.29. The molecule has 0 aliphatic rings. The molecule has 0 saturated carbocycles. The zero-order chi connectivity index (χ0) is 11.1. The van der Waals surface area contributed by atoms with Crippen molar-refractivity contribution in [2.75, 3.05) is 13.7 Å². The molecule has 0 saturated heterocycles. The highest BCUT2D eigenvalue weighted by atomic mass is 16.5. The van der Waals surface area contributed by atoms with Crippen LogP contribution in [0.25, 0.3) is 0 Å². The largest absolute Gasteiger partial charge is 0.385 e.